The van der Waals surface area contributed by atoms with Gasteiger partial charge in [-0.3, -0.25) is 9.78 Å². The number of benzene rings is 1. The van der Waals surface area contributed by atoms with Crippen molar-refractivity contribution in [1.82, 2.24) is 9.88 Å². The summed E-state index contributed by atoms with van der Waals surface area (Å²) >= 11 is 0. The number of ether oxygens (including phenoxy) is 2. The summed E-state index contributed by atoms with van der Waals surface area (Å²) in [5, 5.41) is 0.920. The van der Waals surface area contributed by atoms with Gasteiger partial charge in [-0.25, -0.2) is 4.79 Å². The summed E-state index contributed by atoms with van der Waals surface area (Å²) in [7, 11) is 0. The summed E-state index contributed by atoms with van der Waals surface area (Å²) in [6.07, 6.45) is 0.571. The molecular weight excluding hydrogens is 344 g/mol. The average Bonchev–Trinajstić information content (AvgIpc) is 2.64. The molecule has 2 heterocycles. The number of rotatable bonds is 4. The third kappa shape index (κ3) is 4.11. The minimum Gasteiger partial charge on any atom is -0.452 e. The Labute approximate surface area is 159 Å². The molecule has 6 nitrogen and oxygen atoms in total. The number of hydrogen-bond acceptors (Lipinski definition) is 5. The van der Waals surface area contributed by atoms with Crippen LogP contribution in [0.25, 0.3) is 10.9 Å². The van der Waals surface area contributed by atoms with Crippen molar-refractivity contribution >= 4 is 22.8 Å². The van der Waals surface area contributed by atoms with E-state index in [2.05, 4.69) is 4.98 Å². The highest BCUT2D eigenvalue weighted by Gasteiger charge is 2.27. The average molecular weight is 370 g/mol. The summed E-state index contributed by atoms with van der Waals surface area (Å²) in [5.74, 6) is -0.694. The van der Waals surface area contributed by atoms with E-state index >= 15 is 0 Å². The Bertz CT molecular complexity index is 855. The van der Waals surface area contributed by atoms with E-state index in [0.717, 1.165) is 16.5 Å². The van der Waals surface area contributed by atoms with Gasteiger partial charge in [0.15, 0.2) is 6.61 Å². The predicted octanol–water partition coefficient (Wildman–Crippen LogP) is 2.90. The largest absolute Gasteiger partial charge is 0.452 e. The fourth-order valence-corrected chi connectivity index (χ4v) is 3.64. The Balaban J connectivity index is 1.76. The summed E-state index contributed by atoms with van der Waals surface area (Å²) in [6, 6.07) is 7.72. The number of nitrogens with zero attached hydrogens (tertiary/aromatic N) is 2. The number of amides is 1. The van der Waals surface area contributed by atoms with Crippen LogP contribution in [0, 0.1) is 6.92 Å². The van der Waals surface area contributed by atoms with Crippen LogP contribution in [-0.4, -0.2) is 53.7 Å². The molecule has 1 aromatic carbocycles. The van der Waals surface area contributed by atoms with Gasteiger partial charge in [-0.1, -0.05) is 25.1 Å². The van der Waals surface area contributed by atoms with Crippen molar-refractivity contribution in [2.24, 2.45) is 0 Å². The highest BCUT2D eigenvalue weighted by molar-refractivity contribution is 5.99. The molecule has 2 aromatic rings. The number of fused-ring (bicyclic) bond motifs is 1. The lowest BCUT2D eigenvalue weighted by molar-refractivity contribution is -0.146. The first-order chi connectivity index (χ1) is 12.9. The molecule has 1 saturated heterocycles. The normalized spacial score (nSPS) is 19.9. The first-order valence-corrected chi connectivity index (χ1v) is 9.39. The van der Waals surface area contributed by atoms with Gasteiger partial charge in [-0.15, -0.1) is 0 Å². The van der Waals surface area contributed by atoms with Crippen molar-refractivity contribution in [3.8, 4) is 0 Å². The van der Waals surface area contributed by atoms with Crippen LogP contribution in [-0.2, 0) is 20.7 Å². The SMILES string of the molecule is CCc1nc2ccccc2c(C)c1C(=O)OCC(=O)N1C[C@@H](C)O[C@H](C)C1. The van der Waals surface area contributed by atoms with Crippen LogP contribution in [0.3, 0.4) is 0 Å². The molecule has 1 aliphatic heterocycles. The molecule has 144 valence electrons. The van der Waals surface area contributed by atoms with Crippen molar-refractivity contribution in [2.75, 3.05) is 19.7 Å². The number of para-hydroxylation sites is 1. The van der Waals surface area contributed by atoms with Crippen molar-refractivity contribution in [3.05, 3.63) is 41.1 Å². The van der Waals surface area contributed by atoms with Gasteiger partial charge in [0.2, 0.25) is 0 Å². The summed E-state index contributed by atoms with van der Waals surface area (Å²) in [4.78, 5) is 31.5. The maximum atomic E-state index is 12.7. The zero-order valence-corrected chi connectivity index (χ0v) is 16.3. The molecule has 6 heteroatoms. The number of hydrogen-bond donors (Lipinski definition) is 0. The molecular formula is C21H26N2O4. The minimum atomic E-state index is -0.495. The molecule has 0 unspecified atom stereocenters. The van der Waals surface area contributed by atoms with Gasteiger partial charge in [0.1, 0.15) is 0 Å². The second kappa shape index (κ2) is 8.05. The topological polar surface area (TPSA) is 68.7 Å². The van der Waals surface area contributed by atoms with Crippen LogP contribution in [0.4, 0.5) is 0 Å². The monoisotopic (exact) mass is 370 g/mol. The van der Waals surface area contributed by atoms with Gasteiger partial charge >= 0.3 is 5.97 Å². The smallest absolute Gasteiger partial charge is 0.340 e. The summed E-state index contributed by atoms with van der Waals surface area (Å²) in [5.41, 5.74) is 2.85. The third-order valence-electron chi connectivity index (χ3n) is 4.87. The molecule has 0 saturated carbocycles. The van der Waals surface area contributed by atoms with E-state index in [-0.39, 0.29) is 24.7 Å². The van der Waals surface area contributed by atoms with Gasteiger partial charge < -0.3 is 14.4 Å². The number of pyridine rings is 1. The molecule has 1 aliphatic rings. The Hall–Kier alpha value is -2.47. The second-order valence-electron chi connectivity index (χ2n) is 7.06. The van der Waals surface area contributed by atoms with E-state index in [4.69, 9.17) is 9.47 Å². The first kappa shape index (κ1) is 19.3. The van der Waals surface area contributed by atoms with Gasteiger partial charge in [-0.05, 0) is 38.8 Å². The molecule has 0 bridgehead atoms. The van der Waals surface area contributed by atoms with Crippen LogP contribution in [0.1, 0.15) is 42.4 Å². The van der Waals surface area contributed by atoms with Crippen molar-refractivity contribution in [1.29, 1.82) is 0 Å². The first-order valence-electron chi connectivity index (χ1n) is 9.39. The van der Waals surface area contributed by atoms with E-state index in [1.54, 1.807) is 4.90 Å². The van der Waals surface area contributed by atoms with E-state index in [1.165, 1.54) is 0 Å². The Morgan fingerprint density at radius 3 is 2.56 bits per heavy atom. The highest BCUT2D eigenvalue weighted by atomic mass is 16.5. The number of aryl methyl sites for hydroxylation is 2. The molecule has 0 N–H and O–H groups in total. The molecule has 2 atom stereocenters. The third-order valence-corrected chi connectivity index (χ3v) is 4.87. The Kier molecular flexibility index (Phi) is 5.75. The maximum Gasteiger partial charge on any atom is 0.340 e. The fraction of sp³-hybridized carbons (Fsp3) is 0.476. The van der Waals surface area contributed by atoms with E-state index < -0.39 is 5.97 Å². The summed E-state index contributed by atoms with van der Waals surface area (Å²) in [6.45, 7) is 8.46. The Morgan fingerprint density at radius 1 is 1.22 bits per heavy atom. The standard InChI is InChI=1S/C21H26N2O4/c1-5-17-20(15(4)16-8-6-7-9-18(16)22-17)21(25)26-12-19(24)23-10-13(2)27-14(3)11-23/h6-9,13-14H,5,10-12H2,1-4H3/t13-,14-/m1/s1. The number of morpholine rings is 1. The quantitative estimate of drug-likeness (QED) is 0.774. The fourth-order valence-electron chi connectivity index (χ4n) is 3.64. The van der Waals surface area contributed by atoms with Crippen LogP contribution < -0.4 is 0 Å². The molecule has 3 rings (SSSR count). The highest BCUT2D eigenvalue weighted by Crippen LogP contribution is 2.24. The van der Waals surface area contributed by atoms with E-state index in [0.29, 0.717) is 30.8 Å². The lowest BCUT2D eigenvalue weighted by atomic mass is 10.0. The minimum absolute atomic E-state index is 0.0213. The van der Waals surface area contributed by atoms with Crippen LogP contribution >= 0.6 is 0 Å². The lowest BCUT2D eigenvalue weighted by Crippen LogP contribution is -2.49. The molecule has 0 spiro atoms. The molecule has 27 heavy (non-hydrogen) atoms. The molecule has 0 aliphatic carbocycles. The lowest BCUT2D eigenvalue weighted by Gasteiger charge is -2.35. The van der Waals surface area contributed by atoms with E-state index in [9.17, 15) is 9.59 Å². The predicted molar refractivity (Wildman–Crippen MR) is 103 cm³/mol. The molecule has 0 radical (unpaired) electrons. The number of aromatic nitrogens is 1. The van der Waals surface area contributed by atoms with Crippen molar-refractivity contribution in [2.45, 2.75) is 46.3 Å². The summed E-state index contributed by atoms with van der Waals surface area (Å²) < 4.78 is 11.0. The zero-order chi connectivity index (χ0) is 19.6. The van der Waals surface area contributed by atoms with Crippen molar-refractivity contribution < 1.29 is 19.1 Å². The van der Waals surface area contributed by atoms with Crippen molar-refractivity contribution in [3.63, 3.8) is 0 Å². The van der Waals surface area contributed by atoms with Gasteiger partial charge in [-0.2, -0.15) is 0 Å². The number of esters is 1. The second-order valence-corrected chi connectivity index (χ2v) is 7.06. The number of carbonyl (C=O) groups excluding carboxylic acids is 2. The maximum absolute atomic E-state index is 12.7. The van der Waals surface area contributed by atoms with Gasteiger partial charge in [0, 0.05) is 18.5 Å². The molecule has 1 aromatic heterocycles. The van der Waals surface area contributed by atoms with Crippen LogP contribution in [0.15, 0.2) is 24.3 Å². The van der Waals surface area contributed by atoms with Crippen LogP contribution in [0.2, 0.25) is 0 Å². The van der Waals surface area contributed by atoms with Gasteiger partial charge in [0.05, 0.1) is 29.0 Å². The molecule has 1 fully saturated rings. The Morgan fingerprint density at radius 2 is 1.89 bits per heavy atom. The number of carbonyl (C=O) groups is 2. The van der Waals surface area contributed by atoms with E-state index in [1.807, 2.05) is 52.0 Å². The van der Waals surface area contributed by atoms with Crippen LogP contribution in [0.5, 0.6) is 0 Å². The zero-order valence-electron chi connectivity index (χ0n) is 16.3. The molecule has 1 amide bonds. The van der Waals surface area contributed by atoms with Gasteiger partial charge in [0.25, 0.3) is 5.91 Å².